The summed E-state index contributed by atoms with van der Waals surface area (Å²) in [5.41, 5.74) is 1.86. The van der Waals surface area contributed by atoms with Gasteiger partial charge >= 0.3 is 5.97 Å². The molecule has 2 amide bonds. The van der Waals surface area contributed by atoms with Crippen LogP contribution in [-0.2, 0) is 14.4 Å². The van der Waals surface area contributed by atoms with Gasteiger partial charge in [0.05, 0.1) is 12.5 Å². The second-order valence-electron chi connectivity index (χ2n) is 6.65. The average molecular weight is 344 g/mol. The van der Waals surface area contributed by atoms with Crippen molar-refractivity contribution in [2.75, 3.05) is 13.1 Å². The van der Waals surface area contributed by atoms with Crippen LogP contribution < -0.4 is 0 Å². The molecule has 1 aromatic carbocycles. The molecule has 1 unspecified atom stereocenters. The van der Waals surface area contributed by atoms with E-state index < -0.39 is 12.0 Å². The van der Waals surface area contributed by atoms with Gasteiger partial charge in [-0.1, -0.05) is 38.1 Å². The molecule has 0 saturated carbocycles. The number of aliphatic carboxylic acids is 1. The van der Waals surface area contributed by atoms with Crippen LogP contribution >= 0.6 is 0 Å². The zero-order valence-electron chi connectivity index (χ0n) is 14.8. The predicted octanol–water partition coefficient (Wildman–Crippen LogP) is 2.52. The van der Waals surface area contributed by atoms with Crippen LogP contribution in [0.4, 0.5) is 0 Å². The normalized spacial score (nSPS) is 15.8. The summed E-state index contributed by atoms with van der Waals surface area (Å²) in [4.78, 5) is 38.7. The molecule has 0 fully saturated rings. The monoisotopic (exact) mass is 344 g/mol. The van der Waals surface area contributed by atoms with E-state index in [1.165, 1.54) is 16.7 Å². The number of amides is 2. The fraction of sp³-hybridized carbons (Fsp3) is 0.421. The van der Waals surface area contributed by atoms with E-state index in [-0.39, 0.29) is 30.7 Å². The van der Waals surface area contributed by atoms with Crippen molar-refractivity contribution < 1.29 is 19.5 Å². The molecule has 134 valence electrons. The number of hydrogen-bond acceptors (Lipinski definition) is 3. The lowest BCUT2D eigenvalue weighted by atomic mass is 9.93. The third-order valence-electron chi connectivity index (χ3n) is 4.10. The number of carbonyl (C=O) groups is 3. The van der Waals surface area contributed by atoms with Gasteiger partial charge in [-0.25, -0.2) is 0 Å². The van der Waals surface area contributed by atoms with Gasteiger partial charge in [-0.3, -0.25) is 14.4 Å². The summed E-state index contributed by atoms with van der Waals surface area (Å²) in [6.45, 7) is 5.36. The summed E-state index contributed by atoms with van der Waals surface area (Å²) in [6.07, 6.45) is 3.59. The summed E-state index contributed by atoms with van der Waals surface area (Å²) >= 11 is 0. The van der Waals surface area contributed by atoms with Gasteiger partial charge in [0.1, 0.15) is 6.54 Å². The first-order valence-corrected chi connectivity index (χ1v) is 8.35. The van der Waals surface area contributed by atoms with Crippen LogP contribution in [0.25, 0.3) is 6.08 Å². The molecule has 1 aromatic rings. The highest BCUT2D eigenvalue weighted by Gasteiger charge is 2.30. The van der Waals surface area contributed by atoms with Gasteiger partial charge < -0.3 is 14.9 Å². The van der Waals surface area contributed by atoms with Crippen LogP contribution in [0, 0.1) is 5.92 Å². The quantitative estimate of drug-likeness (QED) is 0.860. The highest BCUT2D eigenvalue weighted by molar-refractivity contribution is 5.84. The zero-order chi connectivity index (χ0) is 18.6. The van der Waals surface area contributed by atoms with Crippen LogP contribution in [0.5, 0.6) is 0 Å². The van der Waals surface area contributed by atoms with Crippen molar-refractivity contribution in [3.8, 4) is 0 Å². The molecule has 0 aromatic heterocycles. The largest absolute Gasteiger partial charge is 0.480 e. The molecular weight excluding hydrogens is 320 g/mol. The Kier molecular flexibility index (Phi) is 5.96. The van der Waals surface area contributed by atoms with Gasteiger partial charge in [-0.05, 0) is 23.1 Å². The number of rotatable bonds is 6. The smallest absolute Gasteiger partial charge is 0.323 e. The Hall–Kier alpha value is -2.63. The van der Waals surface area contributed by atoms with E-state index in [1.54, 1.807) is 6.20 Å². The molecule has 0 bridgehead atoms. The van der Waals surface area contributed by atoms with Crippen LogP contribution in [0.2, 0.25) is 0 Å². The van der Waals surface area contributed by atoms with Gasteiger partial charge in [-0.15, -0.1) is 0 Å². The van der Waals surface area contributed by atoms with Crippen molar-refractivity contribution in [1.82, 2.24) is 9.80 Å². The third-order valence-corrected chi connectivity index (χ3v) is 4.10. The minimum atomic E-state index is -1.04. The molecule has 1 aliphatic rings. The topological polar surface area (TPSA) is 77.9 Å². The summed E-state index contributed by atoms with van der Waals surface area (Å²) in [5.74, 6) is -1.30. The van der Waals surface area contributed by atoms with E-state index in [4.69, 9.17) is 5.11 Å². The Labute approximate surface area is 147 Å². The molecule has 1 N–H and O–H groups in total. The Morgan fingerprint density at radius 2 is 1.92 bits per heavy atom. The average Bonchev–Trinajstić information content (AvgIpc) is 2.53. The van der Waals surface area contributed by atoms with Crippen molar-refractivity contribution in [3.63, 3.8) is 0 Å². The minimum absolute atomic E-state index is 0.0565. The van der Waals surface area contributed by atoms with Gasteiger partial charge in [0, 0.05) is 19.7 Å². The zero-order valence-corrected chi connectivity index (χ0v) is 14.8. The van der Waals surface area contributed by atoms with Gasteiger partial charge in [0.2, 0.25) is 11.8 Å². The molecular formula is C19H24N2O4. The highest BCUT2D eigenvalue weighted by Crippen LogP contribution is 2.33. The van der Waals surface area contributed by atoms with E-state index in [0.717, 1.165) is 11.1 Å². The van der Waals surface area contributed by atoms with E-state index in [2.05, 4.69) is 0 Å². The van der Waals surface area contributed by atoms with Crippen molar-refractivity contribution in [1.29, 1.82) is 0 Å². The summed E-state index contributed by atoms with van der Waals surface area (Å²) in [7, 11) is 0. The SMILES string of the molecule is CC(=O)N1C=Cc2ccccc2C1CC(=O)N(CC(=O)O)CC(C)C. The molecule has 0 radical (unpaired) electrons. The molecule has 0 aliphatic carbocycles. The lowest BCUT2D eigenvalue weighted by molar-refractivity contribution is -0.145. The third kappa shape index (κ3) is 4.68. The van der Waals surface area contributed by atoms with E-state index in [1.807, 2.05) is 44.2 Å². The number of benzene rings is 1. The maximum absolute atomic E-state index is 12.8. The van der Waals surface area contributed by atoms with E-state index >= 15 is 0 Å². The molecule has 1 atom stereocenters. The molecule has 0 spiro atoms. The van der Waals surface area contributed by atoms with Crippen LogP contribution in [-0.4, -0.2) is 45.8 Å². The van der Waals surface area contributed by atoms with Crippen molar-refractivity contribution in [3.05, 3.63) is 41.6 Å². The first-order chi connectivity index (χ1) is 11.8. The molecule has 1 aliphatic heterocycles. The minimum Gasteiger partial charge on any atom is -0.480 e. The maximum atomic E-state index is 12.8. The number of carboxylic acids is 1. The summed E-state index contributed by atoms with van der Waals surface area (Å²) in [5, 5.41) is 9.08. The van der Waals surface area contributed by atoms with Crippen LogP contribution in [0.3, 0.4) is 0 Å². The summed E-state index contributed by atoms with van der Waals surface area (Å²) < 4.78 is 0. The Morgan fingerprint density at radius 1 is 1.24 bits per heavy atom. The standard InChI is InChI=1S/C19H24N2O4/c1-13(2)11-20(12-19(24)25)18(23)10-17-16-7-5-4-6-15(16)8-9-21(17)14(3)22/h4-9,13,17H,10-12H2,1-3H3,(H,24,25). The second-order valence-corrected chi connectivity index (χ2v) is 6.65. The van der Waals surface area contributed by atoms with Gasteiger partial charge in [-0.2, -0.15) is 0 Å². The second kappa shape index (κ2) is 7.96. The number of fused-ring (bicyclic) bond motifs is 1. The maximum Gasteiger partial charge on any atom is 0.323 e. The van der Waals surface area contributed by atoms with Crippen molar-refractivity contribution in [2.45, 2.75) is 33.2 Å². The fourth-order valence-corrected chi connectivity index (χ4v) is 3.07. The molecule has 6 nitrogen and oxygen atoms in total. The van der Waals surface area contributed by atoms with Gasteiger partial charge in [0.25, 0.3) is 0 Å². The van der Waals surface area contributed by atoms with Crippen LogP contribution in [0.15, 0.2) is 30.5 Å². The Bertz CT molecular complexity index is 696. The number of hydrogen-bond donors (Lipinski definition) is 1. The molecule has 0 saturated heterocycles. The molecule has 1 heterocycles. The Morgan fingerprint density at radius 3 is 2.52 bits per heavy atom. The number of nitrogens with zero attached hydrogens (tertiary/aromatic N) is 2. The van der Waals surface area contributed by atoms with E-state index in [0.29, 0.717) is 6.54 Å². The lowest BCUT2D eigenvalue weighted by Gasteiger charge is -2.34. The van der Waals surface area contributed by atoms with Gasteiger partial charge in [0.15, 0.2) is 0 Å². The molecule has 25 heavy (non-hydrogen) atoms. The number of carboxylic acid groups (broad SMARTS) is 1. The van der Waals surface area contributed by atoms with Crippen molar-refractivity contribution >= 4 is 23.9 Å². The lowest BCUT2D eigenvalue weighted by Crippen LogP contribution is -2.41. The molecule has 2 rings (SSSR count). The summed E-state index contributed by atoms with van der Waals surface area (Å²) in [6, 6.07) is 7.19. The highest BCUT2D eigenvalue weighted by atomic mass is 16.4. The van der Waals surface area contributed by atoms with Crippen molar-refractivity contribution in [2.24, 2.45) is 5.92 Å². The molecule has 6 heteroatoms. The first kappa shape index (κ1) is 18.7. The fourth-order valence-electron chi connectivity index (χ4n) is 3.07. The predicted molar refractivity (Wildman–Crippen MR) is 94.4 cm³/mol. The Balaban J connectivity index is 2.27. The van der Waals surface area contributed by atoms with E-state index in [9.17, 15) is 14.4 Å². The van der Waals surface area contributed by atoms with Crippen LogP contribution in [0.1, 0.15) is 44.4 Å². The first-order valence-electron chi connectivity index (χ1n) is 8.35. The number of carbonyl (C=O) groups excluding carboxylic acids is 2.